The highest BCUT2D eigenvalue weighted by Crippen LogP contribution is 2.19. The van der Waals surface area contributed by atoms with E-state index < -0.39 is 7.32 Å². The van der Waals surface area contributed by atoms with Crippen molar-refractivity contribution >= 4 is 23.3 Å². The molecule has 0 spiro atoms. The highest BCUT2D eigenvalue weighted by Gasteiger charge is 2.26. The van der Waals surface area contributed by atoms with Crippen molar-refractivity contribution in [1.29, 1.82) is 0 Å². The molecule has 1 aliphatic heterocycles. The first-order valence-corrected chi connectivity index (χ1v) is 5.34. The smallest absolute Gasteiger partial charge is 0.384 e. The van der Waals surface area contributed by atoms with Gasteiger partial charge in [0.25, 0.3) is 0 Å². The number of rotatable bonds is 3. The Labute approximate surface area is 95.8 Å². The minimum atomic E-state index is -0.625. The lowest BCUT2D eigenvalue weighted by Crippen LogP contribution is -2.19. The fraction of sp³-hybridized carbons (Fsp3) is 0.333. The number of halogens is 2. The third kappa shape index (κ3) is 3.01. The lowest BCUT2D eigenvalue weighted by atomic mass is 10.2. The third-order valence-corrected chi connectivity index (χ3v) is 2.75. The van der Waals surface area contributed by atoms with E-state index in [4.69, 9.17) is 14.0 Å². The van der Waals surface area contributed by atoms with Crippen molar-refractivity contribution in [2.45, 2.75) is 6.61 Å². The van der Waals surface area contributed by atoms with Gasteiger partial charge in [-0.2, -0.15) is 0 Å². The van der Waals surface area contributed by atoms with Gasteiger partial charge in [0.1, 0.15) is 5.82 Å². The SMILES string of the molecule is Fc1ccc(Br)c(COB2OCCO2)c1. The normalized spacial score (nSPS) is 16.0. The standard InChI is InChI=1S/C9H9BBrFO3/c11-9-2-1-8(12)5-7(9)6-15-10-13-3-4-14-10/h1-2,5H,3-4,6H2. The molecule has 1 saturated heterocycles. The summed E-state index contributed by atoms with van der Waals surface area (Å²) in [4.78, 5) is 0. The van der Waals surface area contributed by atoms with Crippen LogP contribution in [0.2, 0.25) is 0 Å². The lowest BCUT2D eigenvalue weighted by Gasteiger charge is -2.07. The van der Waals surface area contributed by atoms with E-state index in [1.165, 1.54) is 12.1 Å². The summed E-state index contributed by atoms with van der Waals surface area (Å²) in [5.41, 5.74) is 0.731. The van der Waals surface area contributed by atoms with E-state index in [0.29, 0.717) is 13.2 Å². The second kappa shape index (κ2) is 5.07. The van der Waals surface area contributed by atoms with Crippen molar-refractivity contribution in [2.24, 2.45) is 0 Å². The summed E-state index contributed by atoms with van der Waals surface area (Å²) < 4.78 is 29.2. The fourth-order valence-corrected chi connectivity index (χ4v) is 1.61. The Kier molecular flexibility index (Phi) is 3.74. The molecule has 2 rings (SSSR count). The van der Waals surface area contributed by atoms with E-state index in [9.17, 15) is 4.39 Å². The number of hydrogen-bond acceptors (Lipinski definition) is 3. The van der Waals surface area contributed by atoms with Crippen LogP contribution < -0.4 is 0 Å². The quantitative estimate of drug-likeness (QED) is 0.791. The first-order chi connectivity index (χ1) is 7.25. The molecule has 0 bridgehead atoms. The Bertz CT molecular complexity index is 344. The minimum Gasteiger partial charge on any atom is -0.384 e. The molecule has 0 aromatic heterocycles. The van der Waals surface area contributed by atoms with E-state index in [2.05, 4.69) is 15.9 Å². The van der Waals surface area contributed by atoms with E-state index in [1.54, 1.807) is 6.07 Å². The van der Waals surface area contributed by atoms with E-state index in [-0.39, 0.29) is 12.4 Å². The van der Waals surface area contributed by atoms with Gasteiger partial charge in [0.2, 0.25) is 0 Å². The zero-order valence-electron chi connectivity index (χ0n) is 7.91. The highest BCUT2D eigenvalue weighted by molar-refractivity contribution is 9.10. The molecule has 1 fully saturated rings. The molecule has 1 aliphatic rings. The second-order valence-corrected chi connectivity index (χ2v) is 3.93. The Morgan fingerprint density at radius 2 is 2.13 bits per heavy atom. The molecule has 0 amide bonds. The summed E-state index contributed by atoms with van der Waals surface area (Å²) in [6.45, 7) is 1.33. The molecule has 0 N–H and O–H groups in total. The Morgan fingerprint density at radius 1 is 1.40 bits per heavy atom. The Hall–Kier alpha value is -0.425. The van der Waals surface area contributed by atoms with Gasteiger partial charge in [0, 0.05) is 4.47 Å². The maximum Gasteiger partial charge on any atom is 0.639 e. The molecule has 3 nitrogen and oxygen atoms in total. The summed E-state index contributed by atoms with van der Waals surface area (Å²) in [6, 6.07) is 4.44. The van der Waals surface area contributed by atoms with Gasteiger partial charge >= 0.3 is 7.32 Å². The molecular weight excluding hydrogens is 266 g/mol. The van der Waals surface area contributed by atoms with Gasteiger partial charge in [0.05, 0.1) is 19.8 Å². The topological polar surface area (TPSA) is 27.7 Å². The molecule has 6 heteroatoms. The highest BCUT2D eigenvalue weighted by atomic mass is 79.9. The molecule has 80 valence electrons. The lowest BCUT2D eigenvalue weighted by molar-refractivity contribution is 0.170. The maximum absolute atomic E-state index is 12.9. The summed E-state index contributed by atoms with van der Waals surface area (Å²) in [6.07, 6.45) is 0. The molecule has 0 radical (unpaired) electrons. The average Bonchev–Trinajstić information content (AvgIpc) is 2.72. The molecule has 1 aromatic carbocycles. The molecule has 15 heavy (non-hydrogen) atoms. The van der Waals surface area contributed by atoms with Crippen molar-refractivity contribution in [3.05, 3.63) is 34.1 Å². The van der Waals surface area contributed by atoms with Crippen LogP contribution in [0.15, 0.2) is 22.7 Å². The van der Waals surface area contributed by atoms with E-state index in [0.717, 1.165) is 10.0 Å². The van der Waals surface area contributed by atoms with Crippen LogP contribution in [0.3, 0.4) is 0 Å². The van der Waals surface area contributed by atoms with Crippen molar-refractivity contribution < 1.29 is 18.4 Å². The summed E-state index contributed by atoms with van der Waals surface area (Å²) in [5.74, 6) is -0.287. The molecule has 0 saturated carbocycles. The first kappa shape index (κ1) is 11.1. The van der Waals surface area contributed by atoms with Gasteiger partial charge in [-0.05, 0) is 23.8 Å². The van der Waals surface area contributed by atoms with E-state index >= 15 is 0 Å². The number of hydrogen-bond donors (Lipinski definition) is 0. The van der Waals surface area contributed by atoms with Crippen LogP contribution in [0.25, 0.3) is 0 Å². The molecule has 0 atom stereocenters. The van der Waals surface area contributed by atoms with Gasteiger partial charge in [0.15, 0.2) is 0 Å². The zero-order valence-corrected chi connectivity index (χ0v) is 9.50. The van der Waals surface area contributed by atoms with Crippen LogP contribution in [0.4, 0.5) is 4.39 Å². The Morgan fingerprint density at radius 3 is 2.87 bits per heavy atom. The first-order valence-electron chi connectivity index (χ1n) is 4.54. The zero-order chi connectivity index (χ0) is 10.7. The summed E-state index contributed by atoms with van der Waals surface area (Å²) in [7, 11) is -0.625. The van der Waals surface area contributed by atoms with Crippen LogP contribution in [0.1, 0.15) is 5.56 Å². The van der Waals surface area contributed by atoms with Crippen LogP contribution in [-0.2, 0) is 20.6 Å². The van der Waals surface area contributed by atoms with Gasteiger partial charge in [-0.25, -0.2) is 4.39 Å². The summed E-state index contributed by atoms with van der Waals surface area (Å²) >= 11 is 3.31. The molecule has 1 heterocycles. The fourth-order valence-electron chi connectivity index (χ4n) is 1.24. The third-order valence-electron chi connectivity index (χ3n) is 1.97. The number of benzene rings is 1. The second-order valence-electron chi connectivity index (χ2n) is 3.08. The van der Waals surface area contributed by atoms with Crippen LogP contribution in [0.5, 0.6) is 0 Å². The average molecular weight is 275 g/mol. The molecule has 0 aliphatic carbocycles. The van der Waals surface area contributed by atoms with Crippen LogP contribution in [0, 0.1) is 5.82 Å². The van der Waals surface area contributed by atoms with Gasteiger partial charge < -0.3 is 14.0 Å². The molecular formula is C9H9BBrFO3. The van der Waals surface area contributed by atoms with Crippen LogP contribution in [-0.4, -0.2) is 20.5 Å². The molecule has 0 unspecified atom stereocenters. The van der Waals surface area contributed by atoms with Crippen molar-refractivity contribution in [3.8, 4) is 0 Å². The monoisotopic (exact) mass is 274 g/mol. The molecule has 1 aromatic rings. The van der Waals surface area contributed by atoms with E-state index in [1.807, 2.05) is 0 Å². The predicted octanol–water partition coefficient (Wildman–Crippen LogP) is 2.14. The Balaban J connectivity index is 1.94. The van der Waals surface area contributed by atoms with Crippen LogP contribution >= 0.6 is 15.9 Å². The van der Waals surface area contributed by atoms with Crippen molar-refractivity contribution in [1.82, 2.24) is 0 Å². The van der Waals surface area contributed by atoms with Crippen molar-refractivity contribution in [2.75, 3.05) is 13.2 Å². The van der Waals surface area contributed by atoms with Gasteiger partial charge in [-0.15, -0.1) is 0 Å². The summed E-state index contributed by atoms with van der Waals surface area (Å²) in [5, 5.41) is 0. The predicted molar refractivity (Wildman–Crippen MR) is 56.5 cm³/mol. The maximum atomic E-state index is 12.9. The minimum absolute atomic E-state index is 0.253. The largest absolute Gasteiger partial charge is 0.639 e. The van der Waals surface area contributed by atoms with Gasteiger partial charge in [-0.1, -0.05) is 15.9 Å². The van der Waals surface area contributed by atoms with Gasteiger partial charge in [-0.3, -0.25) is 0 Å². The van der Waals surface area contributed by atoms with Crippen molar-refractivity contribution in [3.63, 3.8) is 0 Å².